The molecule has 186 valence electrons. The van der Waals surface area contributed by atoms with E-state index in [1.165, 1.54) is 23.8 Å². The van der Waals surface area contributed by atoms with E-state index >= 15 is 0 Å². The van der Waals surface area contributed by atoms with Crippen molar-refractivity contribution >= 4 is 23.7 Å². The summed E-state index contributed by atoms with van der Waals surface area (Å²) in [5.41, 5.74) is 7.17. The fraction of sp³-hybridized carbons (Fsp3) is 0.394. The van der Waals surface area contributed by atoms with Gasteiger partial charge < -0.3 is 0 Å². The first kappa shape index (κ1) is 26.1. The van der Waals surface area contributed by atoms with Gasteiger partial charge in [0, 0.05) is 11.3 Å². The number of hydrogen-bond donors (Lipinski definition) is 0. The zero-order valence-electron chi connectivity index (χ0n) is 23.0. The monoisotopic (exact) mass is 476 g/mol. The zero-order valence-corrected chi connectivity index (χ0v) is 23.0. The molecule has 0 amide bonds. The van der Waals surface area contributed by atoms with Gasteiger partial charge >= 0.3 is 0 Å². The van der Waals surface area contributed by atoms with Crippen LogP contribution in [-0.2, 0) is 0 Å². The van der Waals surface area contributed by atoms with Crippen LogP contribution in [0.2, 0.25) is 12.1 Å². The maximum atomic E-state index is 5.01. The van der Waals surface area contributed by atoms with Crippen molar-refractivity contribution in [3.05, 3.63) is 102 Å². The molecule has 1 atom stereocenters. The van der Waals surface area contributed by atoms with E-state index in [1.54, 1.807) is 0 Å². The third-order valence-corrected chi connectivity index (χ3v) is 8.77. The van der Waals surface area contributed by atoms with Crippen molar-refractivity contribution in [1.82, 2.24) is 0 Å². The summed E-state index contributed by atoms with van der Waals surface area (Å²) in [5.74, 6) is 1.39. The molecule has 0 aromatic heterocycles. The Morgan fingerprint density at radius 3 is 2.25 bits per heavy atom. The minimum atomic E-state index is 0.312. The molecule has 2 nitrogen and oxygen atoms in total. The summed E-state index contributed by atoms with van der Waals surface area (Å²) in [6.45, 7) is 19.1. The van der Waals surface area contributed by atoms with Gasteiger partial charge in [-0.25, -0.2) is 9.98 Å². The fourth-order valence-corrected chi connectivity index (χ4v) is 5.68. The first-order chi connectivity index (χ1) is 17.1. The summed E-state index contributed by atoms with van der Waals surface area (Å²) in [6.07, 6.45) is 10.9. The Morgan fingerprint density at radius 1 is 0.917 bits per heavy atom. The van der Waals surface area contributed by atoms with Crippen molar-refractivity contribution in [2.24, 2.45) is 20.8 Å². The zero-order chi connectivity index (χ0) is 25.9. The van der Waals surface area contributed by atoms with Crippen molar-refractivity contribution in [1.29, 1.82) is 0 Å². The Balaban J connectivity index is 1.67. The highest BCUT2D eigenvalue weighted by Crippen LogP contribution is 2.53. The van der Waals surface area contributed by atoms with Crippen LogP contribution < -0.4 is 5.46 Å². The van der Waals surface area contributed by atoms with E-state index in [9.17, 15) is 0 Å². The second kappa shape index (κ2) is 10.6. The molecule has 1 heterocycles. The Bertz CT molecular complexity index is 1210. The molecule has 2 aromatic carbocycles. The number of benzene rings is 2. The van der Waals surface area contributed by atoms with Crippen molar-refractivity contribution in [3.8, 4) is 0 Å². The van der Waals surface area contributed by atoms with Gasteiger partial charge in [-0.1, -0.05) is 138 Å². The smallest absolute Gasteiger partial charge is 0.179 e. The van der Waals surface area contributed by atoms with Crippen LogP contribution in [0.5, 0.6) is 0 Å². The molecule has 4 rings (SSSR count). The van der Waals surface area contributed by atoms with E-state index in [0.717, 1.165) is 41.2 Å². The van der Waals surface area contributed by atoms with Gasteiger partial charge in [-0.3, -0.25) is 0 Å². The predicted octanol–water partition coefficient (Wildman–Crippen LogP) is 8.28. The van der Waals surface area contributed by atoms with Gasteiger partial charge in [-0.05, 0) is 41.7 Å². The van der Waals surface area contributed by atoms with E-state index in [4.69, 9.17) is 9.98 Å². The highest BCUT2D eigenvalue weighted by molar-refractivity contribution is 6.74. The molecule has 1 saturated heterocycles. The average molecular weight is 477 g/mol. The van der Waals surface area contributed by atoms with Crippen molar-refractivity contribution in [2.75, 3.05) is 0 Å². The van der Waals surface area contributed by atoms with Crippen LogP contribution in [-0.4, -0.2) is 18.3 Å². The van der Waals surface area contributed by atoms with Gasteiger partial charge in [0.25, 0.3) is 0 Å². The molecular weight excluding hydrogens is 435 g/mol. The molecular formula is C33H41BN2. The normalized spacial score (nSPS) is 21.8. The maximum Gasteiger partial charge on any atom is 0.179 e. The molecule has 1 fully saturated rings. The van der Waals surface area contributed by atoms with Crippen LogP contribution in [0, 0.1) is 10.8 Å². The lowest BCUT2D eigenvalue weighted by Crippen LogP contribution is -2.49. The summed E-state index contributed by atoms with van der Waals surface area (Å²) in [6, 6.07) is 19.3. The van der Waals surface area contributed by atoms with Crippen LogP contribution in [0.1, 0.15) is 71.9 Å². The largest absolute Gasteiger partial charge is 0.233 e. The van der Waals surface area contributed by atoms with Gasteiger partial charge in [-0.2, -0.15) is 0 Å². The molecule has 1 aliphatic carbocycles. The number of allylic oxidation sites excluding steroid dienone is 4. The topological polar surface area (TPSA) is 24.7 Å². The van der Waals surface area contributed by atoms with E-state index in [1.807, 2.05) is 18.2 Å². The molecule has 0 saturated carbocycles. The van der Waals surface area contributed by atoms with E-state index in [2.05, 4.69) is 103 Å². The number of hydrogen-bond acceptors (Lipinski definition) is 1. The van der Waals surface area contributed by atoms with Gasteiger partial charge in [-0.15, -0.1) is 0 Å². The van der Waals surface area contributed by atoms with Gasteiger partial charge in [0.1, 0.15) is 0 Å². The Labute approximate surface area is 219 Å². The fourth-order valence-electron chi connectivity index (χ4n) is 5.68. The van der Waals surface area contributed by atoms with Crippen molar-refractivity contribution < 1.29 is 0 Å². The van der Waals surface area contributed by atoms with Crippen LogP contribution >= 0.6 is 0 Å². The first-order valence-corrected chi connectivity index (χ1v) is 13.4. The third-order valence-electron chi connectivity index (χ3n) is 8.77. The number of rotatable bonds is 5. The van der Waals surface area contributed by atoms with Crippen LogP contribution in [0.15, 0.2) is 101 Å². The lowest BCUT2D eigenvalue weighted by Gasteiger charge is -2.51. The molecule has 0 N–H and O–H groups in total. The minimum Gasteiger partial charge on any atom is -0.233 e. The van der Waals surface area contributed by atoms with Crippen LogP contribution in [0.3, 0.4) is 0 Å². The Morgan fingerprint density at radius 2 is 1.61 bits per heavy atom. The molecule has 1 aliphatic heterocycles. The Hall–Kier alpha value is -2.94. The molecule has 2 aliphatic rings. The number of nitrogens with zero attached hydrogens (tertiary/aromatic N) is 2. The van der Waals surface area contributed by atoms with Gasteiger partial charge in [0.05, 0.1) is 5.70 Å². The average Bonchev–Trinajstić information content (AvgIpc) is 2.87. The SMILES string of the molecule is C=C(N=C(N=C(C)c1ccccc1)c1ccc(B2CC(C)(C)C(C)(C)CC2C)cc1)C1=CC=CCC1. The van der Waals surface area contributed by atoms with E-state index in [-0.39, 0.29) is 0 Å². The highest BCUT2D eigenvalue weighted by Gasteiger charge is 2.47. The standard InChI is InChI=1S/C33H41BN2/c1-24-22-32(4,5)33(6,7)23-34(24)30-20-18-29(19-21-30)31(35-25(2)27-14-10-8-11-15-27)36-26(3)28-16-12-9-13-17-28/h8-10,12-14,16-21,24H,2,11,15,22-23H2,1,3-7H3. The summed E-state index contributed by atoms with van der Waals surface area (Å²) in [7, 11) is 0. The quantitative estimate of drug-likeness (QED) is 0.236. The number of aliphatic imine (C=N–C) groups is 2. The molecule has 0 radical (unpaired) electrons. The van der Waals surface area contributed by atoms with E-state index in [0.29, 0.717) is 23.4 Å². The Kier molecular flexibility index (Phi) is 7.69. The summed E-state index contributed by atoms with van der Waals surface area (Å²) in [4.78, 5) is 9.98. The third kappa shape index (κ3) is 5.72. The summed E-state index contributed by atoms with van der Waals surface area (Å²) in [5, 5.41) is 0. The minimum absolute atomic E-state index is 0.312. The van der Waals surface area contributed by atoms with Gasteiger partial charge in [0.15, 0.2) is 12.5 Å². The first-order valence-electron chi connectivity index (χ1n) is 13.4. The number of amidine groups is 1. The molecule has 0 bridgehead atoms. The van der Waals surface area contributed by atoms with Crippen molar-refractivity contribution in [2.45, 2.75) is 72.9 Å². The second-order valence-electron chi connectivity index (χ2n) is 12.0. The summed E-state index contributed by atoms with van der Waals surface area (Å²) < 4.78 is 0. The van der Waals surface area contributed by atoms with Crippen LogP contribution in [0.4, 0.5) is 0 Å². The molecule has 1 unspecified atom stereocenters. The maximum absolute atomic E-state index is 5.01. The van der Waals surface area contributed by atoms with Gasteiger partial charge in [0.2, 0.25) is 0 Å². The van der Waals surface area contributed by atoms with Crippen molar-refractivity contribution in [3.63, 3.8) is 0 Å². The molecule has 2 aromatic rings. The predicted molar refractivity (Wildman–Crippen MR) is 159 cm³/mol. The molecule has 36 heavy (non-hydrogen) atoms. The van der Waals surface area contributed by atoms with E-state index < -0.39 is 0 Å². The second-order valence-corrected chi connectivity index (χ2v) is 12.0. The van der Waals surface area contributed by atoms with Crippen LogP contribution in [0.25, 0.3) is 0 Å². The molecule has 0 spiro atoms. The lowest BCUT2D eigenvalue weighted by molar-refractivity contribution is 0.105. The summed E-state index contributed by atoms with van der Waals surface area (Å²) >= 11 is 0. The molecule has 3 heteroatoms. The lowest BCUT2D eigenvalue weighted by atomic mass is 9.26. The highest BCUT2D eigenvalue weighted by atomic mass is 14.9.